The minimum absolute atomic E-state index is 0.195. The molecule has 1 saturated heterocycles. The molecule has 0 aliphatic carbocycles. The Kier molecular flexibility index (Phi) is 4.33. The van der Waals surface area contributed by atoms with Gasteiger partial charge in [-0.3, -0.25) is 10.1 Å². The van der Waals surface area contributed by atoms with Crippen LogP contribution < -0.4 is 5.32 Å². The topological polar surface area (TPSA) is 41.6 Å². The van der Waals surface area contributed by atoms with Gasteiger partial charge in [0.15, 0.2) is 0 Å². The molecule has 4 nitrogen and oxygen atoms in total. The van der Waals surface area contributed by atoms with Crippen LogP contribution in [0.25, 0.3) is 0 Å². The molecule has 1 fully saturated rings. The first-order valence-corrected chi connectivity index (χ1v) is 5.93. The number of nitrogens with zero attached hydrogens (tertiary/aromatic N) is 1. The molecule has 0 aromatic heterocycles. The highest BCUT2D eigenvalue weighted by molar-refractivity contribution is 5.79. The summed E-state index contributed by atoms with van der Waals surface area (Å²) >= 11 is 0. The van der Waals surface area contributed by atoms with E-state index in [-0.39, 0.29) is 5.97 Å². The van der Waals surface area contributed by atoms with Crippen LogP contribution in [0.1, 0.15) is 33.6 Å². The number of likely N-dealkylation sites (tertiary alicyclic amines) is 1. The molecule has 1 rings (SSSR count). The molecule has 1 N–H and O–H groups in total. The van der Waals surface area contributed by atoms with Crippen molar-refractivity contribution in [2.24, 2.45) is 0 Å². The van der Waals surface area contributed by atoms with Crippen molar-refractivity contribution in [3.05, 3.63) is 0 Å². The molecule has 2 atom stereocenters. The Balaban J connectivity index is 2.51. The molecular formula is C12H24N2O2. The lowest BCUT2D eigenvalue weighted by Crippen LogP contribution is -2.56. The van der Waals surface area contributed by atoms with E-state index in [9.17, 15) is 4.79 Å². The van der Waals surface area contributed by atoms with E-state index in [1.165, 1.54) is 7.11 Å². The fraction of sp³-hybridized carbons (Fsp3) is 0.917. The van der Waals surface area contributed by atoms with Crippen LogP contribution in [-0.2, 0) is 9.53 Å². The molecule has 0 aromatic carbocycles. The minimum atomic E-state index is -0.588. The van der Waals surface area contributed by atoms with Gasteiger partial charge in [-0.15, -0.1) is 0 Å². The summed E-state index contributed by atoms with van der Waals surface area (Å²) in [4.78, 5) is 13.9. The second-order valence-corrected chi connectivity index (χ2v) is 5.31. The van der Waals surface area contributed by atoms with Gasteiger partial charge >= 0.3 is 5.97 Å². The van der Waals surface area contributed by atoms with Crippen LogP contribution in [0, 0.1) is 0 Å². The summed E-state index contributed by atoms with van der Waals surface area (Å²) in [5.41, 5.74) is -0.588. The number of methoxy groups -OCH3 is 1. The van der Waals surface area contributed by atoms with Gasteiger partial charge in [0.1, 0.15) is 5.54 Å². The van der Waals surface area contributed by atoms with Crippen LogP contribution in [0.2, 0.25) is 0 Å². The van der Waals surface area contributed by atoms with Crippen LogP contribution >= 0.6 is 0 Å². The van der Waals surface area contributed by atoms with Gasteiger partial charge < -0.3 is 9.64 Å². The summed E-state index contributed by atoms with van der Waals surface area (Å²) in [6, 6.07) is 0.972. The van der Waals surface area contributed by atoms with E-state index < -0.39 is 5.54 Å². The van der Waals surface area contributed by atoms with Crippen molar-refractivity contribution in [1.82, 2.24) is 10.2 Å². The number of rotatable bonds is 3. The fourth-order valence-corrected chi connectivity index (χ4v) is 2.24. The molecule has 0 saturated carbocycles. The minimum Gasteiger partial charge on any atom is -0.468 e. The van der Waals surface area contributed by atoms with Crippen molar-refractivity contribution in [2.75, 3.05) is 20.7 Å². The summed E-state index contributed by atoms with van der Waals surface area (Å²) in [6.45, 7) is 7.05. The first-order chi connectivity index (χ1) is 7.36. The molecule has 2 unspecified atom stereocenters. The Morgan fingerprint density at radius 2 is 2.12 bits per heavy atom. The molecule has 0 amide bonds. The first-order valence-electron chi connectivity index (χ1n) is 5.93. The second-order valence-electron chi connectivity index (χ2n) is 5.31. The average Bonchev–Trinajstić information content (AvgIpc) is 2.22. The molecular weight excluding hydrogens is 204 g/mol. The van der Waals surface area contributed by atoms with Gasteiger partial charge in [0, 0.05) is 12.1 Å². The third-order valence-corrected chi connectivity index (χ3v) is 3.47. The molecule has 0 bridgehead atoms. The number of nitrogens with one attached hydrogen (secondary N) is 1. The molecule has 4 heteroatoms. The second kappa shape index (κ2) is 5.15. The van der Waals surface area contributed by atoms with Gasteiger partial charge in [0.05, 0.1) is 7.11 Å². The Bertz CT molecular complexity index is 253. The molecule has 0 aromatic rings. The molecule has 1 heterocycles. The molecule has 1 aliphatic rings. The maximum absolute atomic E-state index is 11.6. The smallest absolute Gasteiger partial charge is 0.325 e. The number of ether oxygens (including phenoxy) is 1. The molecule has 16 heavy (non-hydrogen) atoms. The Hall–Kier alpha value is -0.610. The van der Waals surface area contributed by atoms with Crippen LogP contribution in [-0.4, -0.2) is 49.2 Å². The summed E-state index contributed by atoms with van der Waals surface area (Å²) in [6.07, 6.45) is 2.16. The van der Waals surface area contributed by atoms with Crippen LogP contribution in [0.5, 0.6) is 0 Å². The zero-order chi connectivity index (χ0) is 12.3. The maximum atomic E-state index is 11.6. The maximum Gasteiger partial charge on any atom is 0.325 e. The van der Waals surface area contributed by atoms with Gasteiger partial charge in [-0.1, -0.05) is 0 Å². The van der Waals surface area contributed by atoms with E-state index in [1.54, 1.807) is 0 Å². The zero-order valence-corrected chi connectivity index (χ0v) is 11.0. The largest absolute Gasteiger partial charge is 0.468 e. The summed E-state index contributed by atoms with van der Waals surface area (Å²) in [5.74, 6) is -0.195. The monoisotopic (exact) mass is 228 g/mol. The standard InChI is InChI=1S/C12H24N2O2/c1-9-8-10(6-7-14(9)4)13-12(2,3)11(15)16-5/h9-10,13H,6-8H2,1-5H3. The van der Waals surface area contributed by atoms with E-state index in [2.05, 4.69) is 24.2 Å². The van der Waals surface area contributed by atoms with Gasteiger partial charge in [0.2, 0.25) is 0 Å². The molecule has 0 radical (unpaired) electrons. The predicted molar refractivity (Wildman–Crippen MR) is 64.3 cm³/mol. The Labute approximate surface area is 98.3 Å². The van der Waals surface area contributed by atoms with Crippen molar-refractivity contribution >= 4 is 5.97 Å². The van der Waals surface area contributed by atoms with Crippen molar-refractivity contribution < 1.29 is 9.53 Å². The third-order valence-electron chi connectivity index (χ3n) is 3.47. The SMILES string of the molecule is COC(=O)C(C)(C)NC1CCN(C)C(C)C1. The number of hydrogen-bond acceptors (Lipinski definition) is 4. The van der Waals surface area contributed by atoms with Crippen molar-refractivity contribution in [3.63, 3.8) is 0 Å². The van der Waals surface area contributed by atoms with Crippen LogP contribution in [0.4, 0.5) is 0 Å². The van der Waals surface area contributed by atoms with Crippen LogP contribution in [0.15, 0.2) is 0 Å². The third kappa shape index (κ3) is 3.19. The average molecular weight is 228 g/mol. The molecule has 0 spiro atoms. The van der Waals surface area contributed by atoms with Crippen molar-refractivity contribution in [3.8, 4) is 0 Å². The lowest BCUT2D eigenvalue weighted by Gasteiger charge is -2.38. The highest BCUT2D eigenvalue weighted by atomic mass is 16.5. The summed E-state index contributed by atoms with van der Waals surface area (Å²) in [5, 5.41) is 3.40. The highest BCUT2D eigenvalue weighted by Gasteiger charge is 2.33. The molecule has 94 valence electrons. The lowest BCUT2D eigenvalue weighted by atomic mass is 9.95. The van der Waals surface area contributed by atoms with Gasteiger partial charge in [-0.2, -0.15) is 0 Å². The summed E-state index contributed by atoms with van der Waals surface area (Å²) < 4.78 is 4.79. The normalized spacial score (nSPS) is 27.8. The summed E-state index contributed by atoms with van der Waals surface area (Å²) in [7, 11) is 3.58. The van der Waals surface area contributed by atoms with Crippen LogP contribution in [0.3, 0.4) is 0 Å². The Morgan fingerprint density at radius 1 is 1.50 bits per heavy atom. The van der Waals surface area contributed by atoms with E-state index in [0.717, 1.165) is 19.4 Å². The van der Waals surface area contributed by atoms with E-state index in [1.807, 2.05) is 13.8 Å². The van der Waals surface area contributed by atoms with E-state index in [4.69, 9.17) is 4.74 Å². The number of piperidine rings is 1. The number of hydrogen-bond donors (Lipinski definition) is 1. The van der Waals surface area contributed by atoms with Gasteiger partial charge in [0.25, 0.3) is 0 Å². The fourth-order valence-electron chi connectivity index (χ4n) is 2.24. The van der Waals surface area contributed by atoms with Gasteiger partial charge in [-0.25, -0.2) is 0 Å². The number of esters is 1. The zero-order valence-electron chi connectivity index (χ0n) is 11.0. The van der Waals surface area contributed by atoms with Crippen molar-refractivity contribution in [1.29, 1.82) is 0 Å². The lowest BCUT2D eigenvalue weighted by molar-refractivity contribution is -0.147. The molecule has 1 aliphatic heterocycles. The van der Waals surface area contributed by atoms with Crippen molar-refractivity contribution in [2.45, 2.75) is 51.2 Å². The number of carbonyl (C=O) groups excluding carboxylic acids is 1. The van der Waals surface area contributed by atoms with Gasteiger partial charge in [-0.05, 0) is 47.2 Å². The van der Waals surface area contributed by atoms with E-state index in [0.29, 0.717) is 12.1 Å². The number of carbonyl (C=O) groups is 1. The highest BCUT2D eigenvalue weighted by Crippen LogP contribution is 2.18. The predicted octanol–water partition coefficient (Wildman–Crippen LogP) is 1.01. The Morgan fingerprint density at radius 3 is 2.62 bits per heavy atom. The van der Waals surface area contributed by atoms with E-state index >= 15 is 0 Å². The quantitative estimate of drug-likeness (QED) is 0.732. The first kappa shape index (κ1) is 13.5.